The highest BCUT2D eigenvalue weighted by atomic mass is 79.9. The minimum atomic E-state index is -0.207. The summed E-state index contributed by atoms with van der Waals surface area (Å²) < 4.78 is 13.8. The van der Waals surface area contributed by atoms with E-state index in [0.29, 0.717) is 12.0 Å². The van der Waals surface area contributed by atoms with Crippen LogP contribution >= 0.6 is 27.5 Å². The highest BCUT2D eigenvalue weighted by molar-refractivity contribution is 9.10. The minimum absolute atomic E-state index is 0.207. The van der Waals surface area contributed by atoms with Crippen molar-refractivity contribution < 1.29 is 4.39 Å². The van der Waals surface area contributed by atoms with Gasteiger partial charge in [-0.15, -0.1) is 11.6 Å². The summed E-state index contributed by atoms with van der Waals surface area (Å²) >= 11 is 9.41. The summed E-state index contributed by atoms with van der Waals surface area (Å²) in [6, 6.07) is 5.33. The van der Waals surface area contributed by atoms with Gasteiger partial charge < -0.3 is 5.32 Å². The standard InChI is InChI=1S/C14H18BrClFN/c15-13-7-12(17)6-5-11(13)9-18-14-4-2-1-3-10(14)8-16/h5-7,10,14,18H,1-4,8-9H2. The molecule has 0 aliphatic heterocycles. The van der Waals surface area contributed by atoms with Gasteiger partial charge in [0.2, 0.25) is 0 Å². The molecule has 1 aliphatic carbocycles. The van der Waals surface area contributed by atoms with Crippen molar-refractivity contribution in [1.82, 2.24) is 5.32 Å². The summed E-state index contributed by atoms with van der Waals surface area (Å²) in [6.07, 6.45) is 4.97. The van der Waals surface area contributed by atoms with Crippen LogP contribution in [0.4, 0.5) is 4.39 Å². The zero-order valence-corrected chi connectivity index (χ0v) is 12.6. The number of halogens is 3. The Kier molecular flexibility index (Phi) is 5.46. The Morgan fingerprint density at radius 2 is 2.11 bits per heavy atom. The van der Waals surface area contributed by atoms with Crippen LogP contribution in [0.15, 0.2) is 22.7 Å². The molecule has 1 nitrogen and oxygen atoms in total. The van der Waals surface area contributed by atoms with E-state index in [-0.39, 0.29) is 5.82 Å². The lowest BCUT2D eigenvalue weighted by molar-refractivity contribution is 0.282. The van der Waals surface area contributed by atoms with Crippen LogP contribution in [0.1, 0.15) is 31.2 Å². The normalized spacial score (nSPS) is 24.2. The minimum Gasteiger partial charge on any atom is -0.310 e. The number of alkyl halides is 1. The van der Waals surface area contributed by atoms with Crippen molar-refractivity contribution in [3.05, 3.63) is 34.1 Å². The van der Waals surface area contributed by atoms with Crippen molar-refractivity contribution in [2.75, 3.05) is 5.88 Å². The Morgan fingerprint density at radius 1 is 1.33 bits per heavy atom. The second-order valence-corrected chi connectivity index (χ2v) is 6.08. The average Bonchev–Trinajstić information content (AvgIpc) is 2.38. The first kappa shape index (κ1) is 14.3. The van der Waals surface area contributed by atoms with Gasteiger partial charge in [0.1, 0.15) is 5.82 Å². The van der Waals surface area contributed by atoms with Gasteiger partial charge in [-0.25, -0.2) is 4.39 Å². The van der Waals surface area contributed by atoms with E-state index < -0.39 is 0 Å². The fourth-order valence-electron chi connectivity index (χ4n) is 2.57. The van der Waals surface area contributed by atoms with Crippen LogP contribution in [0.2, 0.25) is 0 Å². The Bertz CT molecular complexity index is 399. The van der Waals surface area contributed by atoms with Crippen molar-refractivity contribution in [2.45, 2.75) is 38.3 Å². The van der Waals surface area contributed by atoms with Crippen molar-refractivity contribution in [1.29, 1.82) is 0 Å². The number of hydrogen-bond acceptors (Lipinski definition) is 1. The van der Waals surface area contributed by atoms with Gasteiger partial charge in [0.25, 0.3) is 0 Å². The van der Waals surface area contributed by atoms with Gasteiger partial charge in [0, 0.05) is 22.9 Å². The van der Waals surface area contributed by atoms with E-state index in [4.69, 9.17) is 11.6 Å². The molecule has 1 N–H and O–H groups in total. The second-order valence-electron chi connectivity index (χ2n) is 4.92. The first-order valence-corrected chi connectivity index (χ1v) is 7.76. The lowest BCUT2D eigenvalue weighted by atomic mass is 9.85. The van der Waals surface area contributed by atoms with Crippen molar-refractivity contribution in [3.8, 4) is 0 Å². The van der Waals surface area contributed by atoms with Gasteiger partial charge in [-0.1, -0.05) is 34.8 Å². The fraction of sp³-hybridized carbons (Fsp3) is 0.571. The Morgan fingerprint density at radius 3 is 2.83 bits per heavy atom. The zero-order valence-electron chi connectivity index (χ0n) is 10.3. The predicted octanol–water partition coefficient (Wildman–Crippen LogP) is 4.48. The summed E-state index contributed by atoms with van der Waals surface area (Å²) in [6.45, 7) is 0.763. The second kappa shape index (κ2) is 6.88. The third-order valence-electron chi connectivity index (χ3n) is 3.68. The van der Waals surface area contributed by atoms with Crippen LogP contribution < -0.4 is 5.32 Å². The largest absolute Gasteiger partial charge is 0.310 e. The molecule has 0 bridgehead atoms. The van der Waals surface area contributed by atoms with Crippen LogP contribution in [-0.4, -0.2) is 11.9 Å². The molecule has 0 radical (unpaired) electrons. The van der Waals surface area contributed by atoms with Crippen LogP contribution in [0.25, 0.3) is 0 Å². The van der Waals surface area contributed by atoms with Crippen molar-refractivity contribution in [2.24, 2.45) is 5.92 Å². The van der Waals surface area contributed by atoms with Gasteiger partial charge in [-0.3, -0.25) is 0 Å². The molecule has 0 aromatic heterocycles. The van der Waals surface area contributed by atoms with E-state index in [1.165, 1.54) is 37.8 Å². The SMILES string of the molecule is Fc1ccc(CNC2CCCCC2CCl)c(Br)c1. The number of rotatable bonds is 4. The molecule has 2 unspecified atom stereocenters. The average molecular weight is 335 g/mol. The topological polar surface area (TPSA) is 12.0 Å². The predicted molar refractivity (Wildman–Crippen MR) is 77.4 cm³/mol. The molecule has 100 valence electrons. The van der Waals surface area contributed by atoms with E-state index in [1.54, 1.807) is 0 Å². The molecule has 1 aromatic carbocycles. The van der Waals surface area contributed by atoms with Gasteiger partial charge in [0.05, 0.1) is 0 Å². The van der Waals surface area contributed by atoms with Crippen LogP contribution in [0, 0.1) is 11.7 Å². The fourth-order valence-corrected chi connectivity index (χ4v) is 3.43. The molecular formula is C14H18BrClFN. The highest BCUT2D eigenvalue weighted by Gasteiger charge is 2.23. The van der Waals surface area contributed by atoms with Gasteiger partial charge in [-0.2, -0.15) is 0 Å². The molecule has 18 heavy (non-hydrogen) atoms. The summed E-state index contributed by atoms with van der Waals surface area (Å²) in [5.74, 6) is 1.09. The molecule has 4 heteroatoms. The summed E-state index contributed by atoms with van der Waals surface area (Å²) in [4.78, 5) is 0. The van der Waals surface area contributed by atoms with Crippen molar-refractivity contribution >= 4 is 27.5 Å². The third-order valence-corrected chi connectivity index (χ3v) is 4.81. The Balaban J connectivity index is 1.93. The van der Waals surface area contributed by atoms with Gasteiger partial charge in [-0.05, 0) is 36.5 Å². The molecule has 1 fully saturated rings. The maximum atomic E-state index is 13.0. The molecule has 1 aliphatic rings. The lowest BCUT2D eigenvalue weighted by Crippen LogP contribution is -2.39. The van der Waals surface area contributed by atoms with E-state index in [0.717, 1.165) is 22.5 Å². The van der Waals surface area contributed by atoms with Gasteiger partial charge in [0.15, 0.2) is 0 Å². The van der Waals surface area contributed by atoms with E-state index in [2.05, 4.69) is 21.2 Å². The first-order chi connectivity index (χ1) is 8.70. The summed E-state index contributed by atoms with van der Waals surface area (Å²) in [7, 11) is 0. The molecule has 0 spiro atoms. The molecule has 2 rings (SSSR count). The number of nitrogens with one attached hydrogen (secondary N) is 1. The Labute approximate surface area is 121 Å². The molecule has 0 heterocycles. The van der Waals surface area contributed by atoms with E-state index in [9.17, 15) is 4.39 Å². The lowest BCUT2D eigenvalue weighted by Gasteiger charge is -2.31. The molecule has 1 saturated carbocycles. The molecular weight excluding hydrogens is 317 g/mol. The van der Waals surface area contributed by atoms with Crippen LogP contribution in [0.3, 0.4) is 0 Å². The zero-order chi connectivity index (χ0) is 13.0. The molecule has 0 amide bonds. The smallest absolute Gasteiger partial charge is 0.124 e. The number of hydrogen-bond donors (Lipinski definition) is 1. The third kappa shape index (κ3) is 3.69. The molecule has 1 aromatic rings. The van der Waals surface area contributed by atoms with Gasteiger partial charge >= 0.3 is 0 Å². The monoisotopic (exact) mass is 333 g/mol. The highest BCUT2D eigenvalue weighted by Crippen LogP contribution is 2.26. The molecule has 2 atom stereocenters. The van der Waals surface area contributed by atoms with Crippen molar-refractivity contribution in [3.63, 3.8) is 0 Å². The quantitative estimate of drug-likeness (QED) is 0.801. The maximum absolute atomic E-state index is 13.0. The first-order valence-electron chi connectivity index (χ1n) is 6.44. The molecule has 0 saturated heterocycles. The van der Waals surface area contributed by atoms with E-state index >= 15 is 0 Å². The van der Waals surface area contributed by atoms with Crippen LogP contribution in [0.5, 0.6) is 0 Å². The Hall–Kier alpha value is -0.120. The van der Waals surface area contributed by atoms with E-state index in [1.807, 2.05) is 6.07 Å². The summed E-state index contributed by atoms with van der Waals surface area (Å²) in [5.41, 5.74) is 1.09. The summed E-state index contributed by atoms with van der Waals surface area (Å²) in [5, 5.41) is 3.56. The van der Waals surface area contributed by atoms with Crippen LogP contribution in [-0.2, 0) is 6.54 Å². The number of benzene rings is 1. The maximum Gasteiger partial charge on any atom is 0.124 e.